The third kappa shape index (κ3) is 2.00. The number of aliphatic hydroxyl groups excluding tert-OH is 1. The summed E-state index contributed by atoms with van der Waals surface area (Å²) in [5, 5.41) is 13.6. The Hall–Kier alpha value is -2.58. The zero-order valence-corrected chi connectivity index (χ0v) is 12.2. The molecule has 22 heavy (non-hydrogen) atoms. The Bertz CT molecular complexity index is 933. The van der Waals surface area contributed by atoms with Crippen LogP contribution in [0.2, 0.25) is 0 Å². The maximum Gasteiger partial charge on any atom is 0.0541 e. The van der Waals surface area contributed by atoms with Gasteiger partial charge in [0.25, 0.3) is 0 Å². The van der Waals surface area contributed by atoms with Crippen molar-refractivity contribution in [3.63, 3.8) is 0 Å². The largest absolute Gasteiger partial charge is 0.395 e. The Balaban J connectivity index is 1.95. The summed E-state index contributed by atoms with van der Waals surface area (Å²) in [6, 6.07) is 22.9. The van der Waals surface area contributed by atoms with Gasteiger partial charge in [-0.25, -0.2) is 0 Å². The first-order valence-electron chi connectivity index (χ1n) is 7.53. The third-order valence-electron chi connectivity index (χ3n) is 4.38. The highest BCUT2D eigenvalue weighted by atomic mass is 16.3. The number of rotatable bonds is 3. The molecule has 0 fully saturated rings. The minimum absolute atomic E-state index is 0.0257. The third-order valence-corrected chi connectivity index (χ3v) is 4.38. The zero-order valence-electron chi connectivity index (χ0n) is 12.2. The van der Waals surface area contributed by atoms with Crippen LogP contribution in [0.15, 0.2) is 72.9 Å². The molecule has 1 atom stereocenters. The number of aromatic nitrogens is 1. The molecule has 1 aromatic heterocycles. The van der Waals surface area contributed by atoms with Gasteiger partial charge in [0.2, 0.25) is 0 Å². The van der Waals surface area contributed by atoms with E-state index in [1.54, 1.807) is 0 Å². The second kappa shape index (κ2) is 5.32. The molecule has 2 nitrogen and oxygen atoms in total. The number of H-pyrrole nitrogens is 1. The van der Waals surface area contributed by atoms with Crippen LogP contribution in [-0.4, -0.2) is 16.7 Å². The van der Waals surface area contributed by atoms with E-state index in [1.165, 1.54) is 21.7 Å². The highest BCUT2D eigenvalue weighted by molar-refractivity contribution is 5.89. The molecule has 1 heterocycles. The van der Waals surface area contributed by atoms with Gasteiger partial charge in [0.1, 0.15) is 0 Å². The van der Waals surface area contributed by atoms with Crippen molar-refractivity contribution >= 4 is 21.7 Å². The van der Waals surface area contributed by atoms with Gasteiger partial charge in [-0.3, -0.25) is 0 Å². The predicted molar refractivity (Wildman–Crippen MR) is 91.2 cm³/mol. The Labute approximate surface area is 129 Å². The predicted octanol–water partition coefficient (Wildman–Crippen LogP) is 4.45. The van der Waals surface area contributed by atoms with Crippen molar-refractivity contribution in [2.45, 2.75) is 5.92 Å². The summed E-state index contributed by atoms with van der Waals surface area (Å²) in [7, 11) is 0. The van der Waals surface area contributed by atoms with E-state index in [2.05, 4.69) is 53.5 Å². The van der Waals surface area contributed by atoms with Crippen LogP contribution in [0.5, 0.6) is 0 Å². The number of aliphatic hydroxyl groups is 1. The highest BCUT2D eigenvalue weighted by Gasteiger charge is 2.18. The quantitative estimate of drug-likeness (QED) is 0.574. The van der Waals surface area contributed by atoms with E-state index in [0.29, 0.717) is 0 Å². The number of hydrogen-bond acceptors (Lipinski definition) is 1. The van der Waals surface area contributed by atoms with Gasteiger partial charge < -0.3 is 10.1 Å². The van der Waals surface area contributed by atoms with E-state index in [0.717, 1.165) is 11.1 Å². The molecule has 0 radical (unpaired) electrons. The van der Waals surface area contributed by atoms with E-state index in [1.807, 2.05) is 24.4 Å². The Morgan fingerprint density at radius 2 is 1.50 bits per heavy atom. The highest BCUT2D eigenvalue weighted by Crippen LogP contribution is 2.34. The van der Waals surface area contributed by atoms with Crippen molar-refractivity contribution < 1.29 is 5.11 Å². The van der Waals surface area contributed by atoms with Gasteiger partial charge >= 0.3 is 0 Å². The van der Waals surface area contributed by atoms with Crippen LogP contribution in [-0.2, 0) is 0 Å². The number of benzene rings is 3. The average Bonchev–Trinajstić information content (AvgIpc) is 3.00. The van der Waals surface area contributed by atoms with E-state index in [4.69, 9.17) is 0 Å². The SMILES string of the molecule is OCC(c1cccc2ccccc12)c1c[nH]c2ccccc12. The van der Waals surface area contributed by atoms with E-state index < -0.39 is 0 Å². The molecule has 0 amide bonds. The van der Waals surface area contributed by atoms with Crippen LogP contribution in [0, 0.1) is 0 Å². The molecule has 3 aromatic carbocycles. The molecule has 0 aliphatic heterocycles. The monoisotopic (exact) mass is 287 g/mol. The molecule has 2 N–H and O–H groups in total. The fraction of sp³-hybridized carbons (Fsp3) is 0.100. The minimum Gasteiger partial charge on any atom is -0.395 e. The van der Waals surface area contributed by atoms with Gasteiger partial charge in [-0.15, -0.1) is 0 Å². The zero-order chi connectivity index (χ0) is 14.9. The molecule has 0 aliphatic carbocycles. The number of fused-ring (bicyclic) bond motifs is 2. The number of aromatic amines is 1. The number of para-hydroxylation sites is 1. The van der Waals surface area contributed by atoms with Gasteiger partial charge in [-0.2, -0.15) is 0 Å². The molecule has 108 valence electrons. The Morgan fingerprint density at radius 3 is 2.36 bits per heavy atom. The maximum atomic E-state index is 10.1. The molecular formula is C20H17NO. The summed E-state index contributed by atoms with van der Waals surface area (Å²) in [4.78, 5) is 3.31. The molecule has 4 aromatic rings. The lowest BCUT2D eigenvalue weighted by Gasteiger charge is -2.17. The first kappa shape index (κ1) is 13.1. The summed E-state index contributed by atoms with van der Waals surface area (Å²) in [5.74, 6) is -0.0257. The first-order valence-corrected chi connectivity index (χ1v) is 7.53. The van der Waals surface area contributed by atoms with Crippen molar-refractivity contribution in [3.8, 4) is 0 Å². The van der Waals surface area contributed by atoms with E-state index in [-0.39, 0.29) is 12.5 Å². The summed E-state index contributed by atoms with van der Waals surface area (Å²) in [5.41, 5.74) is 3.43. The number of nitrogens with one attached hydrogen (secondary N) is 1. The summed E-state index contributed by atoms with van der Waals surface area (Å²) >= 11 is 0. The summed E-state index contributed by atoms with van der Waals surface area (Å²) in [6.45, 7) is 0.0931. The number of hydrogen-bond donors (Lipinski definition) is 2. The maximum absolute atomic E-state index is 10.1. The van der Waals surface area contributed by atoms with Gasteiger partial charge in [0.15, 0.2) is 0 Å². The van der Waals surface area contributed by atoms with Crippen LogP contribution in [0.25, 0.3) is 21.7 Å². The Kier molecular flexibility index (Phi) is 3.17. The van der Waals surface area contributed by atoms with Crippen LogP contribution < -0.4 is 0 Å². The van der Waals surface area contributed by atoms with Crippen LogP contribution in [0.1, 0.15) is 17.0 Å². The van der Waals surface area contributed by atoms with E-state index in [9.17, 15) is 5.11 Å². The minimum atomic E-state index is -0.0257. The van der Waals surface area contributed by atoms with Gasteiger partial charge in [-0.1, -0.05) is 60.7 Å². The van der Waals surface area contributed by atoms with Gasteiger partial charge in [0, 0.05) is 23.0 Å². The fourth-order valence-corrected chi connectivity index (χ4v) is 3.30. The second-order valence-corrected chi connectivity index (χ2v) is 5.59. The fourth-order valence-electron chi connectivity index (χ4n) is 3.30. The molecule has 0 spiro atoms. The van der Waals surface area contributed by atoms with Crippen molar-refractivity contribution in [2.24, 2.45) is 0 Å². The first-order chi connectivity index (χ1) is 10.9. The average molecular weight is 287 g/mol. The topological polar surface area (TPSA) is 36.0 Å². The summed E-state index contributed by atoms with van der Waals surface area (Å²) in [6.07, 6.45) is 2.02. The van der Waals surface area contributed by atoms with Gasteiger partial charge in [0.05, 0.1) is 6.61 Å². The lowest BCUT2D eigenvalue weighted by molar-refractivity contribution is 0.281. The van der Waals surface area contributed by atoms with Crippen LogP contribution in [0.4, 0.5) is 0 Å². The normalized spacial score (nSPS) is 12.8. The molecule has 2 heteroatoms. The second-order valence-electron chi connectivity index (χ2n) is 5.59. The van der Waals surface area contributed by atoms with Crippen LogP contribution in [0.3, 0.4) is 0 Å². The van der Waals surface area contributed by atoms with Crippen molar-refractivity contribution in [1.29, 1.82) is 0 Å². The van der Waals surface area contributed by atoms with Crippen LogP contribution >= 0.6 is 0 Å². The molecule has 0 saturated carbocycles. The van der Waals surface area contributed by atoms with Crippen molar-refractivity contribution in [3.05, 3.63) is 84.1 Å². The lowest BCUT2D eigenvalue weighted by atomic mass is 9.88. The lowest BCUT2D eigenvalue weighted by Crippen LogP contribution is -2.06. The summed E-state index contributed by atoms with van der Waals surface area (Å²) < 4.78 is 0. The molecular weight excluding hydrogens is 270 g/mol. The molecule has 0 aliphatic rings. The van der Waals surface area contributed by atoms with E-state index >= 15 is 0 Å². The molecule has 0 saturated heterocycles. The molecule has 1 unspecified atom stereocenters. The Morgan fingerprint density at radius 1 is 0.773 bits per heavy atom. The molecule has 0 bridgehead atoms. The molecule has 4 rings (SSSR count). The van der Waals surface area contributed by atoms with Gasteiger partial charge in [-0.05, 0) is 28.0 Å². The van der Waals surface area contributed by atoms with Crippen molar-refractivity contribution in [2.75, 3.05) is 6.61 Å². The standard InChI is InChI=1S/C20H17NO/c22-13-19(18-12-21-20-11-4-3-9-17(18)20)16-10-5-7-14-6-1-2-8-15(14)16/h1-12,19,21-22H,13H2. The smallest absolute Gasteiger partial charge is 0.0541 e. The van der Waals surface area contributed by atoms with Crippen molar-refractivity contribution in [1.82, 2.24) is 4.98 Å².